The number of benzene rings is 1. The number of hydrogen-bond donors (Lipinski definition) is 0. The summed E-state index contributed by atoms with van der Waals surface area (Å²) in [7, 11) is 0. The highest BCUT2D eigenvalue weighted by molar-refractivity contribution is 7.20. The van der Waals surface area contributed by atoms with Gasteiger partial charge in [-0.3, -0.25) is 14.2 Å². The number of hydrogen-bond acceptors (Lipinski definition) is 7. The molecule has 0 amide bonds. The highest BCUT2D eigenvalue weighted by atomic mass is 32.1. The van der Waals surface area contributed by atoms with Gasteiger partial charge >= 0.3 is 5.97 Å². The Bertz CT molecular complexity index is 1300. The average Bonchev–Trinajstić information content (AvgIpc) is 3.30. The molecule has 4 aromatic rings. The number of thiophene rings is 1. The number of carbonyl (C=O) groups excluding carboxylic acids is 2. The predicted octanol–water partition coefficient (Wildman–Crippen LogP) is 4.21. The summed E-state index contributed by atoms with van der Waals surface area (Å²) in [6, 6.07) is 8.97. The van der Waals surface area contributed by atoms with E-state index in [0.717, 1.165) is 16.7 Å². The quantitative estimate of drug-likeness (QED) is 0.340. The van der Waals surface area contributed by atoms with Crippen LogP contribution in [-0.2, 0) is 11.3 Å². The first-order valence-electron chi connectivity index (χ1n) is 9.52. The maximum atomic E-state index is 13.0. The van der Waals surface area contributed by atoms with Crippen LogP contribution in [0.4, 0.5) is 0 Å². The van der Waals surface area contributed by atoms with Crippen LogP contribution in [0.2, 0.25) is 0 Å². The minimum absolute atomic E-state index is 0.184. The van der Waals surface area contributed by atoms with E-state index in [1.165, 1.54) is 10.9 Å². The number of ether oxygens (including phenoxy) is 1. The largest absolute Gasteiger partial charge is 0.461 e. The van der Waals surface area contributed by atoms with E-state index in [4.69, 9.17) is 9.15 Å². The van der Waals surface area contributed by atoms with Gasteiger partial charge in [0.15, 0.2) is 5.76 Å². The lowest BCUT2D eigenvalue weighted by Gasteiger charge is -2.06. The maximum Gasteiger partial charge on any atom is 0.348 e. The van der Waals surface area contributed by atoms with Crippen molar-refractivity contribution < 1.29 is 18.7 Å². The van der Waals surface area contributed by atoms with Crippen molar-refractivity contribution in [2.45, 2.75) is 27.3 Å². The molecule has 3 heterocycles. The zero-order valence-corrected chi connectivity index (χ0v) is 17.6. The minimum atomic E-state index is -0.464. The molecule has 1 aromatic carbocycles. The molecule has 0 bridgehead atoms. The molecule has 0 aliphatic heterocycles. The smallest absolute Gasteiger partial charge is 0.348 e. The third-order valence-electron chi connectivity index (χ3n) is 4.66. The first-order valence-corrected chi connectivity index (χ1v) is 10.3. The third kappa shape index (κ3) is 3.66. The van der Waals surface area contributed by atoms with Gasteiger partial charge in [0.1, 0.15) is 15.3 Å². The van der Waals surface area contributed by atoms with Crippen molar-refractivity contribution in [2.75, 3.05) is 6.61 Å². The van der Waals surface area contributed by atoms with E-state index < -0.39 is 5.97 Å². The first-order chi connectivity index (χ1) is 14.3. The second-order valence-electron chi connectivity index (χ2n) is 7.48. The molecule has 4 rings (SSSR count). The number of carbonyl (C=O) groups is 2. The monoisotopic (exact) mass is 424 g/mol. The fourth-order valence-corrected chi connectivity index (χ4v) is 4.16. The van der Waals surface area contributed by atoms with E-state index in [0.29, 0.717) is 32.8 Å². The number of rotatable bonds is 6. The van der Waals surface area contributed by atoms with Gasteiger partial charge in [0.05, 0.1) is 24.9 Å². The highest BCUT2D eigenvalue weighted by Gasteiger charge is 2.22. The molecule has 30 heavy (non-hydrogen) atoms. The van der Waals surface area contributed by atoms with Crippen molar-refractivity contribution in [3.8, 4) is 0 Å². The molecule has 0 N–H and O–H groups in total. The second-order valence-corrected chi connectivity index (χ2v) is 8.48. The molecule has 0 aliphatic rings. The van der Waals surface area contributed by atoms with Crippen LogP contribution in [0.3, 0.4) is 0 Å². The number of fused-ring (bicyclic) bond motifs is 2. The summed E-state index contributed by atoms with van der Waals surface area (Å²) in [6.45, 7) is 5.69. The highest BCUT2D eigenvalue weighted by Crippen LogP contribution is 2.27. The van der Waals surface area contributed by atoms with Crippen LogP contribution in [0.5, 0.6) is 0 Å². The van der Waals surface area contributed by atoms with Crippen LogP contribution < -0.4 is 5.56 Å². The molecule has 0 unspecified atom stereocenters. The van der Waals surface area contributed by atoms with E-state index in [1.54, 1.807) is 19.1 Å². The Hall–Kier alpha value is -3.26. The van der Waals surface area contributed by atoms with Gasteiger partial charge in [-0.15, -0.1) is 11.3 Å². The van der Waals surface area contributed by atoms with E-state index >= 15 is 0 Å². The summed E-state index contributed by atoms with van der Waals surface area (Å²) < 4.78 is 12.1. The lowest BCUT2D eigenvalue weighted by Crippen LogP contribution is -2.24. The van der Waals surface area contributed by atoms with Crippen LogP contribution in [0.25, 0.3) is 21.2 Å². The van der Waals surface area contributed by atoms with Gasteiger partial charge in [-0.25, -0.2) is 9.78 Å². The fraction of sp³-hybridized carbons (Fsp3) is 0.273. The van der Waals surface area contributed by atoms with Crippen LogP contribution in [0.15, 0.2) is 45.9 Å². The van der Waals surface area contributed by atoms with Crippen molar-refractivity contribution >= 4 is 44.3 Å². The van der Waals surface area contributed by atoms with Gasteiger partial charge in [0, 0.05) is 5.39 Å². The molecule has 8 heteroatoms. The molecule has 154 valence electrons. The molecule has 0 atom stereocenters. The normalized spacial score (nSPS) is 11.5. The zero-order chi connectivity index (χ0) is 21.4. The molecular formula is C22H20N2O5S. The van der Waals surface area contributed by atoms with Gasteiger partial charge in [0.25, 0.3) is 5.56 Å². The number of furan rings is 1. The number of ketones is 1. The van der Waals surface area contributed by atoms with Gasteiger partial charge in [0.2, 0.25) is 5.78 Å². The molecule has 0 saturated carbocycles. The lowest BCUT2D eigenvalue weighted by atomic mass is 10.2. The van der Waals surface area contributed by atoms with E-state index in [2.05, 4.69) is 4.98 Å². The molecular weight excluding hydrogens is 404 g/mol. The third-order valence-corrected chi connectivity index (χ3v) is 5.84. The lowest BCUT2D eigenvalue weighted by molar-refractivity contribution is 0.0464. The number of aromatic nitrogens is 2. The molecule has 0 radical (unpaired) electrons. The Labute approximate surface area is 175 Å². The topological polar surface area (TPSA) is 91.4 Å². The van der Waals surface area contributed by atoms with Crippen LogP contribution in [-0.4, -0.2) is 27.9 Å². The summed E-state index contributed by atoms with van der Waals surface area (Å²) in [4.78, 5) is 43.1. The predicted molar refractivity (Wildman–Crippen MR) is 114 cm³/mol. The Morgan fingerprint density at radius 1 is 1.27 bits per heavy atom. The first kappa shape index (κ1) is 20.0. The van der Waals surface area contributed by atoms with Crippen molar-refractivity contribution in [3.05, 3.63) is 63.2 Å². The molecule has 7 nitrogen and oxygen atoms in total. The number of esters is 1. The molecule has 0 spiro atoms. The number of nitrogens with zero attached hydrogens (tertiary/aromatic N) is 2. The standard InChI is InChI=1S/C22H20N2O5S/c1-12(2)10-28-22(27)19-13(3)18-20(30-19)23-11-24(21(18)26)9-15(25)17-8-14-6-4-5-7-16(14)29-17/h4-8,11-12H,9-10H2,1-3H3. The van der Waals surface area contributed by atoms with Gasteiger partial charge in [-0.2, -0.15) is 0 Å². The van der Waals surface area contributed by atoms with E-state index in [1.807, 2.05) is 32.0 Å². The maximum absolute atomic E-state index is 13.0. The second kappa shape index (κ2) is 7.87. The Morgan fingerprint density at radius 3 is 2.77 bits per heavy atom. The van der Waals surface area contributed by atoms with Crippen LogP contribution >= 0.6 is 11.3 Å². The van der Waals surface area contributed by atoms with Crippen LogP contribution in [0, 0.1) is 12.8 Å². The number of Topliss-reactive ketones (excluding diaryl/α,β-unsaturated/α-hetero) is 1. The molecule has 0 fully saturated rings. The molecule has 3 aromatic heterocycles. The fourth-order valence-electron chi connectivity index (χ4n) is 3.13. The zero-order valence-electron chi connectivity index (χ0n) is 16.8. The summed E-state index contributed by atoms with van der Waals surface area (Å²) in [5.74, 6) is -0.404. The van der Waals surface area contributed by atoms with Crippen molar-refractivity contribution in [1.82, 2.24) is 9.55 Å². The van der Waals surface area contributed by atoms with Crippen LogP contribution in [0.1, 0.15) is 39.6 Å². The van der Waals surface area contributed by atoms with E-state index in [-0.39, 0.29) is 29.6 Å². The number of para-hydroxylation sites is 1. The van der Waals surface area contributed by atoms with Gasteiger partial charge in [-0.1, -0.05) is 32.0 Å². The SMILES string of the molecule is Cc1c(C(=O)OCC(C)C)sc2ncn(CC(=O)c3cc4ccccc4o3)c(=O)c12. The number of aryl methyl sites for hydroxylation is 1. The summed E-state index contributed by atoms with van der Waals surface area (Å²) in [5, 5.41) is 1.15. The Morgan fingerprint density at radius 2 is 2.03 bits per heavy atom. The Balaban J connectivity index is 1.64. The van der Waals surface area contributed by atoms with Crippen molar-refractivity contribution in [1.29, 1.82) is 0 Å². The Kier molecular flexibility index (Phi) is 5.26. The summed E-state index contributed by atoms with van der Waals surface area (Å²) >= 11 is 1.12. The molecule has 0 aliphatic carbocycles. The van der Waals surface area contributed by atoms with Gasteiger partial charge < -0.3 is 9.15 Å². The summed E-state index contributed by atoms with van der Waals surface area (Å²) in [6.07, 6.45) is 1.32. The summed E-state index contributed by atoms with van der Waals surface area (Å²) in [5.41, 5.74) is 0.757. The average molecular weight is 424 g/mol. The molecule has 0 saturated heterocycles. The minimum Gasteiger partial charge on any atom is -0.461 e. The van der Waals surface area contributed by atoms with Crippen molar-refractivity contribution in [3.63, 3.8) is 0 Å². The van der Waals surface area contributed by atoms with Gasteiger partial charge in [-0.05, 0) is 30.5 Å². The van der Waals surface area contributed by atoms with E-state index in [9.17, 15) is 14.4 Å². The van der Waals surface area contributed by atoms with Crippen molar-refractivity contribution in [2.24, 2.45) is 5.92 Å².